The molecule has 9 heavy (non-hydrogen) atoms. The average Bonchev–Trinajstić information content (AvgIpc) is 1.89. The molecule has 0 bridgehead atoms. The number of unbranched alkanes of at least 4 members (excludes halogenated alkanes) is 2. The lowest BCUT2D eigenvalue weighted by Crippen LogP contribution is -1.64. The molecule has 0 saturated carbocycles. The standard InChI is InChI=1S/C8H13N/c1-2-3-4-5-6-7-8-9/h5-8H,2-4H2,1H3. The summed E-state index contributed by atoms with van der Waals surface area (Å²) in [5.74, 6) is 0. The van der Waals surface area contributed by atoms with Crippen LogP contribution in [0.15, 0.2) is 24.4 Å². The highest BCUT2D eigenvalue weighted by Gasteiger charge is 1.74. The lowest BCUT2D eigenvalue weighted by Gasteiger charge is -1.84. The fourth-order valence-corrected chi connectivity index (χ4v) is 0.546. The van der Waals surface area contributed by atoms with Crippen LogP contribution in [0.5, 0.6) is 0 Å². The van der Waals surface area contributed by atoms with E-state index in [9.17, 15) is 0 Å². The second-order valence-electron chi connectivity index (χ2n) is 1.91. The lowest BCUT2D eigenvalue weighted by molar-refractivity contribution is 0.815. The van der Waals surface area contributed by atoms with Gasteiger partial charge in [0.1, 0.15) is 0 Å². The summed E-state index contributed by atoms with van der Waals surface area (Å²) in [6.45, 7) is 2.16. The molecule has 0 unspecified atom stereocenters. The molecule has 0 aromatic rings. The Bertz CT molecular complexity index is 92.7. The lowest BCUT2D eigenvalue weighted by atomic mass is 10.2. The Labute approximate surface area is 57.3 Å². The number of nitrogens with zero attached hydrogens (tertiary/aromatic N) is 1. The third-order valence-corrected chi connectivity index (χ3v) is 1.06. The van der Waals surface area contributed by atoms with Gasteiger partial charge in [-0.15, -0.1) is 0 Å². The Morgan fingerprint density at radius 2 is 2.11 bits per heavy atom. The molecule has 0 rings (SSSR count). The minimum absolute atomic E-state index is 1.04. The van der Waals surface area contributed by atoms with Gasteiger partial charge in [-0.25, -0.2) is 0 Å². The van der Waals surface area contributed by atoms with Gasteiger partial charge in [0, 0.05) is 6.20 Å². The molecule has 1 nitrogen and oxygen atoms in total. The van der Waals surface area contributed by atoms with E-state index in [0.717, 1.165) is 12.6 Å². The van der Waals surface area contributed by atoms with Gasteiger partial charge in [-0.3, -0.25) is 0 Å². The van der Waals surface area contributed by atoms with Gasteiger partial charge in [-0.1, -0.05) is 31.9 Å². The highest BCUT2D eigenvalue weighted by Crippen LogP contribution is 1.94. The molecule has 0 saturated heterocycles. The summed E-state index contributed by atoms with van der Waals surface area (Å²) in [5.41, 5.74) is 8.19. The molecule has 0 aromatic heterocycles. The van der Waals surface area contributed by atoms with Crippen molar-refractivity contribution in [1.29, 1.82) is 0 Å². The zero-order chi connectivity index (χ0) is 6.95. The van der Waals surface area contributed by atoms with Crippen LogP contribution in [-0.4, -0.2) is 0 Å². The monoisotopic (exact) mass is 123 g/mol. The summed E-state index contributed by atoms with van der Waals surface area (Å²) in [6, 6.07) is 0. The van der Waals surface area contributed by atoms with Crippen molar-refractivity contribution in [2.75, 3.05) is 0 Å². The van der Waals surface area contributed by atoms with Crippen molar-refractivity contribution >= 4 is 0 Å². The summed E-state index contributed by atoms with van der Waals surface area (Å²) in [5, 5.41) is 0. The molecule has 0 aliphatic rings. The topological polar surface area (TPSA) is 22.3 Å². The predicted octanol–water partition coefficient (Wildman–Crippen LogP) is 2.32. The first-order chi connectivity index (χ1) is 4.41. The molecule has 0 atom stereocenters. The van der Waals surface area contributed by atoms with Gasteiger partial charge in [-0.05, 0) is 12.5 Å². The Morgan fingerprint density at radius 1 is 1.33 bits per heavy atom. The van der Waals surface area contributed by atoms with Crippen molar-refractivity contribution in [2.24, 2.45) is 0 Å². The highest BCUT2D eigenvalue weighted by atomic mass is 14.5. The molecule has 0 fully saturated rings. The van der Waals surface area contributed by atoms with Gasteiger partial charge in [-0.2, -0.15) is 5.73 Å². The first-order valence-corrected chi connectivity index (χ1v) is 3.37. The Balaban J connectivity index is 3.04. The molecule has 0 aliphatic carbocycles. The maximum atomic E-state index is 8.19. The molecule has 1 heteroatoms. The molecule has 0 amide bonds. The van der Waals surface area contributed by atoms with Crippen molar-refractivity contribution in [3.05, 3.63) is 24.4 Å². The van der Waals surface area contributed by atoms with Gasteiger partial charge in [0.2, 0.25) is 0 Å². The summed E-state index contributed by atoms with van der Waals surface area (Å²) in [6.07, 6.45) is 10.1. The number of rotatable bonds is 4. The van der Waals surface area contributed by atoms with Crippen LogP contribution < -0.4 is 5.73 Å². The largest absolute Gasteiger partial charge is 0.159 e. The predicted molar refractivity (Wildman–Crippen MR) is 39.9 cm³/mol. The van der Waals surface area contributed by atoms with Crippen molar-refractivity contribution in [2.45, 2.75) is 26.2 Å². The zero-order valence-corrected chi connectivity index (χ0v) is 5.88. The third-order valence-electron chi connectivity index (χ3n) is 1.06. The van der Waals surface area contributed by atoms with Gasteiger partial charge in [0.15, 0.2) is 0 Å². The van der Waals surface area contributed by atoms with E-state index in [4.69, 9.17) is 5.73 Å². The van der Waals surface area contributed by atoms with Crippen LogP contribution in [0.4, 0.5) is 0 Å². The van der Waals surface area contributed by atoms with Crippen LogP contribution in [0.1, 0.15) is 26.2 Å². The van der Waals surface area contributed by atoms with E-state index in [0.29, 0.717) is 0 Å². The number of allylic oxidation sites excluding steroid dienone is 3. The highest BCUT2D eigenvalue weighted by molar-refractivity contribution is 4.99. The normalized spacial score (nSPS) is 11.7. The molecule has 0 heterocycles. The van der Waals surface area contributed by atoms with E-state index in [1.807, 2.05) is 6.08 Å². The van der Waals surface area contributed by atoms with Crippen LogP contribution in [-0.2, 0) is 0 Å². The van der Waals surface area contributed by atoms with Crippen LogP contribution in [0.3, 0.4) is 0 Å². The molecule has 0 aromatic carbocycles. The third kappa shape index (κ3) is 7.28. The first kappa shape index (κ1) is 8.28. The summed E-state index contributed by atoms with van der Waals surface area (Å²) in [4.78, 5) is 0. The Kier molecular flexibility index (Phi) is 6.70. The quantitative estimate of drug-likeness (QED) is 0.404. The van der Waals surface area contributed by atoms with Crippen LogP contribution >= 0.6 is 0 Å². The Hall–Kier alpha value is -0.720. The Morgan fingerprint density at radius 3 is 2.67 bits per heavy atom. The fourth-order valence-electron chi connectivity index (χ4n) is 0.546. The minimum atomic E-state index is 1.04. The first-order valence-electron chi connectivity index (χ1n) is 3.37. The van der Waals surface area contributed by atoms with E-state index in [2.05, 4.69) is 13.0 Å². The van der Waals surface area contributed by atoms with Crippen LogP contribution in [0.2, 0.25) is 0 Å². The van der Waals surface area contributed by atoms with Crippen molar-refractivity contribution in [1.82, 2.24) is 5.73 Å². The average molecular weight is 123 g/mol. The smallest absolute Gasteiger partial charge is 0.0495 e. The van der Waals surface area contributed by atoms with Gasteiger partial charge >= 0.3 is 0 Å². The second-order valence-corrected chi connectivity index (χ2v) is 1.91. The van der Waals surface area contributed by atoms with Gasteiger partial charge in [0.25, 0.3) is 0 Å². The fraction of sp³-hybridized carbons (Fsp3) is 0.500. The van der Waals surface area contributed by atoms with E-state index in [-0.39, 0.29) is 0 Å². The van der Waals surface area contributed by atoms with E-state index < -0.39 is 0 Å². The van der Waals surface area contributed by atoms with Crippen LogP contribution in [0.25, 0.3) is 0 Å². The van der Waals surface area contributed by atoms with E-state index in [1.165, 1.54) is 12.8 Å². The maximum Gasteiger partial charge on any atom is 0.0495 e. The molecule has 0 N–H and O–H groups in total. The second kappa shape index (κ2) is 7.28. The summed E-state index contributed by atoms with van der Waals surface area (Å²) < 4.78 is 0. The van der Waals surface area contributed by atoms with Crippen molar-refractivity contribution in [3.8, 4) is 0 Å². The number of hydrogen-bond acceptors (Lipinski definition) is 0. The molecule has 50 valence electrons. The molecular weight excluding hydrogens is 110 g/mol. The minimum Gasteiger partial charge on any atom is -0.159 e. The summed E-state index contributed by atoms with van der Waals surface area (Å²) >= 11 is 0. The van der Waals surface area contributed by atoms with Gasteiger partial charge in [0.05, 0.1) is 0 Å². The number of hydrogen-bond donors (Lipinski definition) is 0. The van der Waals surface area contributed by atoms with Crippen LogP contribution in [0, 0.1) is 0 Å². The summed E-state index contributed by atoms with van der Waals surface area (Å²) in [7, 11) is 0. The molecule has 0 aliphatic heterocycles. The van der Waals surface area contributed by atoms with E-state index >= 15 is 0 Å². The van der Waals surface area contributed by atoms with Crippen molar-refractivity contribution < 1.29 is 0 Å². The molecular formula is C8H13N. The van der Waals surface area contributed by atoms with E-state index in [1.54, 1.807) is 6.08 Å². The maximum absolute atomic E-state index is 8.19. The van der Waals surface area contributed by atoms with Gasteiger partial charge < -0.3 is 0 Å². The SMILES string of the molecule is CCCCC=CC=C[N]. The zero-order valence-electron chi connectivity index (χ0n) is 5.88. The molecule has 0 spiro atoms. The van der Waals surface area contributed by atoms with Crippen molar-refractivity contribution in [3.63, 3.8) is 0 Å². The molecule has 2 radical (unpaired) electrons.